The molecule has 49 heavy (non-hydrogen) atoms. The van der Waals surface area contributed by atoms with Gasteiger partial charge < -0.3 is 20.3 Å². The summed E-state index contributed by atoms with van der Waals surface area (Å²) in [5, 5.41) is 25.1. The first-order valence-corrected chi connectivity index (χ1v) is 17.9. The Hall–Kier alpha value is -3.46. The average Bonchev–Trinajstić information content (AvgIpc) is 3.13. The SMILES string of the molecule is OCC(CC(C(OCc1ccccc1)c1cc(F)cc(F)c1)N(Cc1ccccc1)Cc1ccccc1)NC[C@H](O)CCC1CCCCC1. The summed E-state index contributed by atoms with van der Waals surface area (Å²) in [4.78, 5) is 2.28. The lowest BCUT2D eigenvalue weighted by atomic mass is 9.85. The molecule has 3 N–H and O–H groups in total. The minimum absolute atomic E-state index is 0.167. The van der Waals surface area contributed by atoms with E-state index < -0.39 is 35.9 Å². The number of aliphatic hydroxyl groups excluding tert-OH is 2. The van der Waals surface area contributed by atoms with Crippen molar-refractivity contribution in [3.05, 3.63) is 143 Å². The molecule has 0 amide bonds. The van der Waals surface area contributed by atoms with Crippen LogP contribution in [0.5, 0.6) is 0 Å². The van der Waals surface area contributed by atoms with Crippen LogP contribution in [0.1, 0.15) is 79.7 Å². The lowest BCUT2D eigenvalue weighted by Crippen LogP contribution is -2.47. The Bertz CT molecular complexity index is 1430. The molecule has 4 atom stereocenters. The van der Waals surface area contributed by atoms with Crippen LogP contribution in [-0.2, 0) is 24.4 Å². The number of rotatable bonds is 19. The molecule has 1 aliphatic carbocycles. The van der Waals surface area contributed by atoms with E-state index >= 15 is 0 Å². The zero-order valence-electron chi connectivity index (χ0n) is 28.5. The summed E-state index contributed by atoms with van der Waals surface area (Å²) in [6, 6.07) is 32.8. The van der Waals surface area contributed by atoms with Gasteiger partial charge in [-0.3, -0.25) is 4.90 Å². The highest BCUT2D eigenvalue weighted by Crippen LogP contribution is 2.33. The van der Waals surface area contributed by atoms with E-state index in [-0.39, 0.29) is 13.2 Å². The van der Waals surface area contributed by atoms with E-state index in [1.807, 2.05) is 66.7 Å². The first-order chi connectivity index (χ1) is 24.0. The third-order valence-electron chi connectivity index (χ3n) is 9.78. The molecule has 4 aromatic rings. The van der Waals surface area contributed by atoms with Crippen molar-refractivity contribution in [1.82, 2.24) is 10.2 Å². The Morgan fingerprint density at radius 1 is 0.755 bits per heavy atom. The fraction of sp³-hybridized carbons (Fsp3) is 0.429. The molecule has 4 aromatic carbocycles. The molecule has 1 aliphatic rings. The van der Waals surface area contributed by atoms with Crippen LogP contribution in [0.2, 0.25) is 0 Å². The van der Waals surface area contributed by atoms with Crippen molar-refractivity contribution in [2.75, 3.05) is 13.2 Å². The molecule has 0 saturated heterocycles. The fourth-order valence-electron chi connectivity index (χ4n) is 7.14. The number of halogens is 2. The third kappa shape index (κ3) is 12.1. The molecule has 0 radical (unpaired) electrons. The second kappa shape index (κ2) is 19.7. The highest BCUT2D eigenvalue weighted by Gasteiger charge is 2.33. The van der Waals surface area contributed by atoms with Gasteiger partial charge in [-0.2, -0.15) is 0 Å². The molecule has 0 bridgehead atoms. The lowest BCUT2D eigenvalue weighted by molar-refractivity contribution is -0.0402. The molecule has 0 spiro atoms. The van der Waals surface area contributed by atoms with Gasteiger partial charge in [0.05, 0.1) is 25.4 Å². The monoisotopic (exact) mass is 670 g/mol. The van der Waals surface area contributed by atoms with Gasteiger partial charge in [0.15, 0.2) is 0 Å². The summed E-state index contributed by atoms with van der Waals surface area (Å²) in [6.07, 6.45) is 7.21. The van der Waals surface area contributed by atoms with E-state index in [1.165, 1.54) is 44.2 Å². The zero-order chi connectivity index (χ0) is 34.3. The van der Waals surface area contributed by atoms with Gasteiger partial charge in [-0.15, -0.1) is 0 Å². The minimum atomic E-state index is -0.745. The molecule has 5 rings (SSSR count). The van der Waals surface area contributed by atoms with E-state index in [9.17, 15) is 19.0 Å². The second-order valence-electron chi connectivity index (χ2n) is 13.6. The minimum Gasteiger partial charge on any atom is -0.395 e. The van der Waals surface area contributed by atoms with Gasteiger partial charge in [-0.25, -0.2) is 8.78 Å². The molecule has 262 valence electrons. The molecular weight excluding hydrogens is 618 g/mol. The Labute approximate surface area is 291 Å². The van der Waals surface area contributed by atoms with E-state index in [0.29, 0.717) is 37.5 Å². The van der Waals surface area contributed by atoms with Crippen LogP contribution in [0.3, 0.4) is 0 Å². The van der Waals surface area contributed by atoms with Gasteiger partial charge in [0.1, 0.15) is 11.6 Å². The van der Waals surface area contributed by atoms with Gasteiger partial charge in [0, 0.05) is 37.8 Å². The number of nitrogens with one attached hydrogen (secondary N) is 1. The normalized spacial score (nSPS) is 16.3. The van der Waals surface area contributed by atoms with Crippen molar-refractivity contribution in [1.29, 1.82) is 0 Å². The lowest BCUT2D eigenvalue weighted by Gasteiger charge is -2.39. The van der Waals surface area contributed by atoms with Gasteiger partial charge in [-0.1, -0.05) is 123 Å². The second-order valence-corrected chi connectivity index (χ2v) is 13.6. The number of hydrogen-bond acceptors (Lipinski definition) is 5. The molecule has 5 nitrogen and oxygen atoms in total. The Morgan fingerprint density at radius 3 is 1.86 bits per heavy atom. The molecule has 7 heteroatoms. The highest BCUT2D eigenvalue weighted by atomic mass is 19.1. The predicted molar refractivity (Wildman–Crippen MR) is 192 cm³/mol. The molecule has 0 heterocycles. The fourth-order valence-corrected chi connectivity index (χ4v) is 7.14. The van der Waals surface area contributed by atoms with Gasteiger partial charge in [0.2, 0.25) is 0 Å². The van der Waals surface area contributed by atoms with Crippen molar-refractivity contribution < 1.29 is 23.7 Å². The standard InChI is InChI=1S/C42H52F2N2O3/c43-37-23-36(24-38(44)25-37)42(49-31-35-19-11-4-12-20-35)41(26-39(30-47)45-27-40(48)22-21-32-13-5-1-6-14-32)46(28-33-15-7-2-8-16-33)29-34-17-9-3-10-18-34/h2-4,7-12,15-20,23-25,32,39-42,45,47-48H,1,5-6,13-14,21-22,26-31H2/t39?,40-,41?,42?/m1/s1. The van der Waals surface area contributed by atoms with Crippen molar-refractivity contribution in [3.63, 3.8) is 0 Å². The maximum Gasteiger partial charge on any atom is 0.126 e. The zero-order valence-corrected chi connectivity index (χ0v) is 28.5. The molecule has 0 aliphatic heterocycles. The summed E-state index contributed by atoms with van der Waals surface area (Å²) in [6.45, 7) is 1.52. The quantitative estimate of drug-likeness (QED) is 0.0936. The molecule has 1 saturated carbocycles. The Morgan fingerprint density at radius 2 is 1.31 bits per heavy atom. The Kier molecular flexibility index (Phi) is 14.8. The summed E-state index contributed by atoms with van der Waals surface area (Å²) < 4.78 is 36.4. The average molecular weight is 671 g/mol. The van der Waals surface area contributed by atoms with Gasteiger partial charge >= 0.3 is 0 Å². The van der Waals surface area contributed by atoms with Crippen molar-refractivity contribution in [2.24, 2.45) is 5.92 Å². The van der Waals surface area contributed by atoms with Crippen LogP contribution < -0.4 is 5.32 Å². The van der Waals surface area contributed by atoms with Crippen LogP contribution in [-0.4, -0.2) is 46.5 Å². The van der Waals surface area contributed by atoms with Crippen molar-refractivity contribution >= 4 is 0 Å². The third-order valence-corrected chi connectivity index (χ3v) is 9.78. The topological polar surface area (TPSA) is 65.0 Å². The predicted octanol–water partition coefficient (Wildman–Crippen LogP) is 8.36. The van der Waals surface area contributed by atoms with Gasteiger partial charge in [0.25, 0.3) is 0 Å². The number of ether oxygens (including phenoxy) is 1. The summed E-state index contributed by atoms with van der Waals surface area (Å²) in [7, 11) is 0. The van der Waals surface area contributed by atoms with Gasteiger partial charge in [-0.05, 0) is 59.6 Å². The Balaban J connectivity index is 1.45. The molecule has 0 aromatic heterocycles. The van der Waals surface area contributed by atoms with Crippen molar-refractivity contribution in [3.8, 4) is 0 Å². The van der Waals surface area contributed by atoms with Crippen LogP contribution in [0.4, 0.5) is 8.78 Å². The van der Waals surface area contributed by atoms with Crippen LogP contribution >= 0.6 is 0 Å². The number of hydrogen-bond donors (Lipinski definition) is 3. The number of benzene rings is 4. The number of nitrogens with zero attached hydrogens (tertiary/aromatic N) is 1. The van der Waals surface area contributed by atoms with Crippen LogP contribution in [0.25, 0.3) is 0 Å². The van der Waals surface area contributed by atoms with Crippen molar-refractivity contribution in [2.45, 2.75) is 95.4 Å². The van der Waals surface area contributed by atoms with E-state index in [4.69, 9.17) is 4.74 Å². The van der Waals surface area contributed by atoms with E-state index in [1.54, 1.807) is 0 Å². The molecule has 1 fully saturated rings. The molecule has 3 unspecified atom stereocenters. The summed E-state index contributed by atoms with van der Waals surface area (Å²) in [5.41, 5.74) is 3.51. The largest absolute Gasteiger partial charge is 0.395 e. The van der Waals surface area contributed by atoms with Crippen LogP contribution in [0, 0.1) is 17.6 Å². The highest BCUT2D eigenvalue weighted by molar-refractivity contribution is 5.24. The maximum atomic E-state index is 14.9. The maximum absolute atomic E-state index is 14.9. The number of aliphatic hydroxyl groups is 2. The first kappa shape index (κ1) is 36.8. The van der Waals surface area contributed by atoms with Crippen LogP contribution in [0.15, 0.2) is 109 Å². The summed E-state index contributed by atoms with van der Waals surface area (Å²) in [5.74, 6) is -0.657. The first-order valence-electron chi connectivity index (χ1n) is 17.9. The molecular formula is C42H52F2N2O3. The smallest absolute Gasteiger partial charge is 0.126 e. The summed E-state index contributed by atoms with van der Waals surface area (Å²) >= 11 is 0. The van der Waals surface area contributed by atoms with E-state index in [2.05, 4.69) is 34.5 Å². The van der Waals surface area contributed by atoms with E-state index in [0.717, 1.165) is 35.6 Å².